The summed E-state index contributed by atoms with van der Waals surface area (Å²) in [4.78, 5) is 12.4. The molecule has 0 unspecified atom stereocenters. The SMILES string of the molecule is COc1ccc(/C=C2\C(=O)Nc3ccc(O)cc32)cc1O[C@H]1C[C@@H]2CC[C@H]1C2. The van der Waals surface area contributed by atoms with E-state index in [9.17, 15) is 9.90 Å². The van der Waals surface area contributed by atoms with Crippen LogP contribution in [-0.2, 0) is 4.79 Å². The first-order valence-electron chi connectivity index (χ1n) is 9.82. The van der Waals surface area contributed by atoms with Gasteiger partial charge in [-0.3, -0.25) is 4.79 Å². The molecule has 3 atom stereocenters. The number of methoxy groups -OCH3 is 1. The largest absolute Gasteiger partial charge is 0.508 e. The number of anilines is 1. The molecule has 1 amide bonds. The quantitative estimate of drug-likeness (QED) is 0.610. The Kier molecular flexibility index (Phi) is 4.04. The molecule has 28 heavy (non-hydrogen) atoms. The minimum absolute atomic E-state index is 0.135. The van der Waals surface area contributed by atoms with Crippen LogP contribution in [0.5, 0.6) is 17.2 Å². The predicted octanol–water partition coefficient (Wildman–Crippen LogP) is 4.46. The Hall–Kier alpha value is -2.95. The van der Waals surface area contributed by atoms with Gasteiger partial charge in [-0.15, -0.1) is 0 Å². The van der Waals surface area contributed by atoms with Gasteiger partial charge in [-0.1, -0.05) is 6.07 Å². The van der Waals surface area contributed by atoms with Crippen LogP contribution in [0.4, 0.5) is 5.69 Å². The number of benzene rings is 2. The maximum Gasteiger partial charge on any atom is 0.256 e. The standard InChI is InChI=1S/C23H23NO4/c1-27-20-7-3-14(11-22(20)28-21-10-13-2-4-15(21)8-13)9-18-17-12-16(25)5-6-19(17)24-23(18)26/h3,5-7,9,11-13,15,21,25H,2,4,8,10H2,1H3,(H,24,26)/b18-9-/t13-,15+,21+/m1/s1. The first kappa shape index (κ1) is 17.2. The van der Waals surface area contributed by atoms with E-state index in [1.807, 2.05) is 24.3 Å². The summed E-state index contributed by atoms with van der Waals surface area (Å²) in [6.45, 7) is 0. The van der Waals surface area contributed by atoms with E-state index in [0.717, 1.165) is 23.7 Å². The molecule has 5 heteroatoms. The van der Waals surface area contributed by atoms with Crippen LogP contribution >= 0.6 is 0 Å². The smallest absolute Gasteiger partial charge is 0.256 e. The highest BCUT2D eigenvalue weighted by Gasteiger charge is 2.41. The average Bonchev–Trinajstić information content (AvgIpc) is 3.38. The van der Waals surface area contributed by atoms with Gasteiger partial charge < -0.3 is 19.9 Å². The number of carbonyl (C=O) groups is 1. The lowest BCUT2D eigenvalue weighted by molar-refractivity contribution is -0.110. The van der Waals surface area contributed by atoms with E-state index < -0.39 is 0 Å². The van der Waals surface area contributed by atoms with Crippen LogP contribution in [0.15, 0.2) is 36.4 Å². The summed E-state index contributed by atoms with van der Waals surface area (Å²) < 4.78 is 11.9. The van der Waals surface area contributed by atoms with E-state index in [2.05, 4.69) is 5.32 Å². The molecule has 0 radical (unpaired) electrons. The maximum atomic E-state index is 12.4. The van der Waals surface area contributed by atoms with Crippen LogP contribution in [0.3, 0.4) is 0 Å². The molecular formula is C23H23NO4. The van der Waals surface area contributed by atoms with Crippen LogP contribution in [0, 0.1) is 11.8 Å². The second-order valence-electron chi connectivity index (χ2n) is 7.98. The summed E-state index contributed by atoms with van der Waals surface area (Å²) in [7, 11) is 1.64. The lowest BCUT2D eigenvalue weighted by Crippen LogP contribution is -2.23. The molecule has 2 bridgehead atoms. The first-order valence-corrected chi connectivity index (χ1v) is 9.82. The number of rotatable bonds is 4. The van der Waals surface area contributed by atoms with Gasteiger partial charge in [0.2, 0.25) is 0 Å². The zero-order chi connectivity index (χ0) is 19.3. The Balaban J connectivity index is 1.47. The fourth-order valence-corrected chi connectivity index (χ4v) is 4.85. The van der Waals surface area contributed by atoms with Crippen LogP contribution in [-0.4, -0.2) is 24.2 Å². The number of amides is 1. The lowest BCUT2D eigenvalue weighted by atomic mass is 9.97. The van der Waals surface area contributed by atoms with Crippen molar-refractivity contribution in [1.29, 1.82) is 0 Å². The van der Waals surface area contributed by atoms with Crippen molar-refractivity contribution < 1.29 is 19.4 Å². The minimum atomic E-state index is -0.174. The van der Waals surface area contributed by atoms with Crippen molar-refractivity contribution in [3.8, 4) is 17.2 Å². The molecule has 144 valence electrons. The van der Waals surface area contributed by atoms with Gasteiger partial charge in [-0.2, -0.15) is 0 Å². The summed E-state index contributed by atoms with van der Waals surface area (Å²) in [6.07, 6.45) is 7.05. The van der Waals surface area contributed by atoms with Crippen LogP contribution in [0.25, 0.3) is 11.6 Å². The summed E-state index contributed by atoms with van der Waals surface area (Å²) in [5.74, 6) is 2.84. The summed E-state index contributed by atoms with van der Waals surface area (Å²) in [5, 5.41) is 12.6. The van der Waals surface area contributed by atoms with Crippen molar-refractivity contribution in [1.82, 2.24) is 0 Å². The Morgan fingerprint density at radius 2 is 2.00 bits per heavy atom. The topological polar surface area (TPSA) is 67.8 Å². The number of hydrogen-bond acceptors (Lipinski definition) is 4. The van der Waals surface area contributed by atoms with Crippen LogP contribution in [0.1, 0.15) is 36.8 Å². The predicted molar refractivity (Wildman–Crippen MR) is 107 cm³/mol. The highest BCUT2D eigenvalue weighted by atomic mass is 16.5. The number of aromatic hydroxyl groups is 1. The molecule has 2 aromatic rings. The number of ether oxygens (including phenoxy) is 2. The summed E-state index contributed by atoms with van der Waals surface area (Å²) in [6, 6.07) is 10.6. The monoisotopic (exact) mass is 377 g/mol. The maximum absolute atomic E-state index is 12.4. The average molecular weight is 377 g/mol. The third-order valence-corrected chi connectivity index (χ3v) is 6.24. The van der Waals surface area contributed by atoms with Crippen molar-refractivity contribution in [2.24, 2.45) is 11.8 Å². The number of fused-ring (bicyclic) bond motifs is 3. The Morgan fingerprint density at radius 1 is 1.11 bits per heavy atom. The van der Waals surface area contributed by atoms with Gasteiger partial charge in [0, 0.05) is 16.8 Å². The molecular weight excluding hydrogens is 354 g/mol. The van der Waals surface area contributed by atoms with Gasteiger partial charge in [-0.25, -0.2) is 0 Å². The van der Waals surface area contributed by atoms with Crippen molar-refractivity contribution >= 4 is 23.2 Å². The molecule has 0 spiro atoms. The third kappa shape index (κ3) is 2.91. The van der Waals surface area contributed by atoms with Gasteiger partial charge >= 0.3 is 0 Å². The molecule has 3 aliphatic rings. The normalized spacial score (nSPS) is 26.4. The van der Waals surface area contributed by atoms with E-state index >= 15 is 0 Å². The Labute approximate surface area is 164 Å². The molecule has 2 aliphatic carbocycles. The van der Waals surface area contributed by atoms with Crippen molar-refractivity contribution in [3.63, 3.8) is 0 Å². The molecule has 0 aromatic heterocycles. The minimum Gasteiger partial charge on any atom is -0.508 e. The van der Waals surface area contributed by atoms with Gasteiger partial charge in [0.15, 0.2) is 11.5 Å². The van der Waals surface area contributed by atoms with E-state index in [1.165, 1.54) is 19.3 Å². The third-order valence-electron chi connectivity index (χ3n) is 6.24. The van der Waals surface area contributed by atoms with Crippen molar-refractivity contribution in [3.05, 3.63) is 47.5 Å². The highest BCUT2D eigenvalue weighted by Crippen LogP contribution is 2.47. The van der Waals surface area contributed by atoms with Gasteiger partial charge in [-0.05, 0) is 79.5 Å². The van der Waals surface area contributed by atoms with E-state index in [0.29, 0.717) is 28.5 Å². The van der Waals surface area contributed by atoms with E-state index in [1.54, 1.807) is 25.3 Å². The van der Waals surface area contributed by atoms with E-state index in [4.69, 9.17) is 9.47 Å². The molecule has 0 saturated heterocycles. The van der Waals surface area contributed by atoms with Crippen LogP contribution in [0.2, 0.25) is 0 Å². The second kappa shape index (κ2) is 6.59. The number of carbonyl (C=O) groups excluding carboxylic acids is 1. The molecule has 5 nitrogen and oxygen atoms in total. The lowest BCUT2D eigenvalue weighted by Gasteiger charge is -2.24. The molecule has 2 fully saturated rings. The molecule has 2 N–H and O–H groups in total. The van der Waals surface area contributed by atoms with Crippen molar-refractivity contribution in [2.45, 2.75) is 31.8 Å². The first-order chi connectivity index (χ1) is 13.6. The molecule has 2 saturated carbocycles. The Bertz CT molecular complexity index is 981. The number of phenolic OH excluding ortho intramolecular Hbond substituents is 1. The van der Waals surface area contributed by atoms with Gasteiger partial charge in [0.25, 0.3) is 5.91 Å². The number of phenols is 1. The fourth-order valence-electron chi connectivity index (χ4n) is 4.85. The molecule has 5 rings (SSSR count). The van der Waals surface area contributed by atoms with Gasteiger partial charge in [0.05, 0.1) is 7.11 Å². The fraction of sp³-hybridized carbons (Fsp3) is 0.348. The number of hydrogen-bond donors (Lipinski definition) is 2. The van der Waals surface area contributed by atoms with Crippen LogP contribution < -0.4 is 14.8 Å². The molecule has 2 aromatic carbocycles. The molecule has 1 aliphatic heterocycles. The van der Waals surface area contributed by atoms with Crippen molar-refractivity contribution in [2.75, 3.05) is 12.4 Å². The zero-order valence-electron chi connectivity index (χ0n) is 15.8. The highest BCUT2D eigenvalue weighted by molar-refractivity contribution is 6.35. The van der Waals surface area contributed by atoms with Gasteiger partial charge in [0.1, 0.15) is 11.9 Å². The zero-order valence-corrected chi connectivity index (χ0v) is 15.8. The molecule has 1 heterocycles. The number of nitrogens with one attached hydrogen (secondary N) is 1. The van der Waals surface area contributed by atoms with E-state index in [-0.39, 0.29) is 17.8 Å². The summed E-state index contributed by atoms with van der Waals surface area (Å²) >= 11 is 0. The summed E-state index contributed by atoms with van der Waals surface area (Å²) in [5.41, 5.74) is 2.81. The Morgan fingerprint density at radius 3 is 2.75 bits per heavy atom. The second-order valence-corrected chi connectivity index (χ2v) is 7.98.